The average molecular weight is 456 g/mol. The number of carbonyl (C=O) groups is 1. The lowest BCUT2D eigenvalue weighted by Crippen LogP contribution is -2.25. The molecule has 0 unspecified atom stereocenters. The van der Waals surface area contributed by atoms with E-state index in [4.69, 9.17) is 14.5 Å². The molecular weight excluding hydrogens is 426 g/mol. The van der Waals surface area contributed by atoms with Crippen LogP contribution in [0.3, 0.4) is 0 Å². The summed E-state index contributed by atoms with van der Waals surface area (Å²) in [6.07, 6.45) is 3.90. The Bertz CT molecular complexity index is 1280. The monoisotopic (exact) mass is 455 g/mol. The average Bonchev–Trinajstić information content (AvgIpc) is 3.21. The third-order valence-electron chi connectivity index (χ3n) is 5.54. The Hall–Kier alpha value is -4.06. The van der Waals surface area contributed by atoms with Crippen LogP contribution in [0, 0.1) is 6.92 Å². The SMILES string of the molecule is COc1ccccc1/C=C/C(=O)NCCc1nc2ccccc2n1CCOc1ccc(C)cc1. The Morgan fingerprint density at radius 1 is 1.03 bits per heavy atom. The Morgan fingerprint density at radius 2 is 1.79 bits per heavy atom. The number of nitrogens with zero attached hydrogens (tertiary/aromatic N) is 2. The summed E-state index contributed by atoms with van der Waals surface area (Å²) in [6.45, 7) is 3.74. The fourth-order valence-corrected chi connectivity index (χ4v) is 3.78. The standard InChI is InChI=1S/C28H29N3O3/c1-21-11-14-23(15-12-21)34-20-19-31-25-9-5-4-8-24(25)30-27(31)17-18-29-28(32)16-13-22-7-3-6-10-26(22)33-2/h3-16H,17-20H2,1-2H3,(H,29,32)/b16-13+. The minimum atomic E-state index is -0.156. The van der Waals surface area contributed by atoms with E-state index in [0.29, 0.717) is 26.1 Å². The molecule has 3 aromatic carbocycles. The molecule has 1 amide bonds. The summed E-state index contributed by atoms with van der Waals surface area (Å²) in [4.78, 5) is 17.1. The van der Waals surface area contributed by atoms with Gasteiger partial charge in [0.05, 0.1) is 24.7 Å². The van der Waals surface area contributed by atoms with Crippen LogP contribution in [0.1, 0.15) is 17.0 Å². The predicted molar refractivity (Wildman–Crippen MR) is 135 cm³/mol. The fourth-order valence-electron chi connectivity index (χ4n) is 3.78. The second-order valence-corrected chi connectivity index (χ2v) is 7.95. The summed E-state index contributed by atoms with van der Waals surface area (Å²) in [7, 11) is 1.62. The molecule has 0 saturated carbocycles. The van der Waals surface area contributed by atoms with Crippen LogP contribution in [0.15, 0.2) is 78.9 Å². The molecule has 1 N–H and O–H groups in total. The van der Waals surface area contributed by atoms with E-state index in [-0.39, 0.29) is 5.91 Å². The number of amides is 1. The lowest BCUT2D eigenvalue weighted by atomic mass is 10.2. The Kier molecular flexibility index (Phi) is 7.60. The highest BCUT2D eigenvalue weighted by molar-refractivity contribution is 5.92. The van der Waals surface area contributed by atoms with Crippen molar-refractivity contribution < 1.29 is 14.3 Å². The predicted octanol–water partition coefficient (Wildman–Crippen LogP) is 4.80. The van der Waals surface area contributed by atoms with Gasteiger partial charge in [-0.2, -0.15) is 0 Å². The van der Waals surface area contributed by atoms with E-state index < -0.39 is 0 Å². The van der Waals surface area contributed by atoms with Crippen LogP contribution in [0.4, 0.5) is 0 Å². The van der Waals surface area contributed by atoms with Gasteiger partial charge < -0.3 is 19.4 Å². The molecule has 1 aromatic heterocycles. The number of hydrogen-bond donors (Lipinski definition) is 1. The molecule has 0 spiro atoms. The molecule has 0 atom stereocenters. The van der Waals surface area contributed by atoms with E-state index in [2.05, 4.69) is 22.9 Å². The fraction of sp³-hybridized carbons (Fsp3) is 0.214. The van der Waals surface area contributed by atoms with Gasteiger partial charge in [-0.3, -0.25) is 4.79 Å². The normalized spacial score (nSPS) is 11.1. The van der Waals surface area contributed by atoms with Gasteiger partial charge in [0.25, 0.3) is 0 Å². The maximum atomic E-state index is 12.3. The van der Waals surface area contributed by atoms with Crippen molar-refractivity contribution in [3.63, 3.8) is 0 Å². The highest BCUT2D eigenvalue weighted by Crippen LogP contribution is 2.19. The van der Waals surface area contributed by atoms with Crippen molar-refractivity contribution in [1.82, 2.24) is 14.9 Å². The third kappa shape index (κ3) is 5.84. The molecule has 0 fully saturated rings. The van der Waals surface area contributed by atoms with E-state index >= 15 is 0 Å². The van der Waals surface area contributed by atoms with E-state index in [1.165, 1.54) is 11.6 Å². The molecule has 1 heterocycles. The number of aryl methyl sites for hydroxylation is 1. The number of carbonyl (C=O) groups excluding carboxylic acids is 1. The first kappa shape index (κ1) is 23.1. The molecule has 4 aromatic rings. The van der Waals surface area contributed by atoms with Gasteiger partial charge >= 0.3 is 0 Å². The summed E-state index contributed by atoms with van der Waals surface area (Å²) >= 11 is 0. The van der Waals surface area contributed by atoms with Crippen molar-refractivity contribution in [2.75, 3.05) is 20.3 Å². The highest BCUT2D eigenvalue weighted by atomic mass is 16.5. The number of rotatable bonds is 10. The largest absolute Gasteiger partial charge is 0.496 e. The molecule has 174 valence electrons. The zero-order valence-corrected chi connectivity index (χ0v) is 19.5. The molecule has 6 heteroatoms. The highest BCUT2D eigenvalue weighted by Gasteiger charge is 2.11. The molecule has 0 aliphatic rings. The maximum Gasteiger partial charge on any atom is 0.244 e. The third-order valence-corrected chi connectivity index (χ3v) is 5.54. The number of para-hydroxylation sites is 3. The number of hydrogen-bond acceptors (Lipinski definition) is 4. The number of nitrogens with one attached hydrogen (secondary N) is 1. The Morgan fingerprint density at radius 3 is 2.62 bits per heavy atom. The van der Waals surface area contributed by atoms with Crippen molar-refractivity contribution in [2.45, 2.75) is 19.9 Å². The van der Waals surface area contributed by atoms with E-state index in [9.17, 15) is 4.79 Å². The van der Waals surface area contributed by atoms with Crippen LogP contribution >= 0.6 is 0 Å². The Labute approximate surface area is 199 Å². The van der Waals surface area contributed by atoms with Crippen molar-refractivity contribution >= 4 is 23.0 Å². The summed E-state index contributed by atoms with van der Waals surface area (Å²) < 4.78 is 13.4. The zero-order valence-electron chi connectivity index (χ0n) is 19.5. The molecule has 0 aliphatic heterocycles. The number of aromatic nitrogens is 2. The summed E-state index contributed by atoms with van der Waals surface area (Å²) in [6, 6.07) is 23.7. The van der Waals surface area contributed by atoms with Crippen LogP contribution < -0.4 is 14.8 Å². The van der Waals surface area contributed by atoms with E-state index in [1.807, 2.05) is 66.7 Å². The number of benzene rings is 3. The summed E-state index contributed by atoms with van der Waals surface area (Å²) in [5.74, 6) is 2.35. The lowest BCUT2D eigenvalue weighted by Gasteiger charge is -2.11. The van der Waals surface area contributed by atoms with E-state index in [1.54, 1.807) is 13.2 Å². The molecule has 0 aliphatic carbocycles. The summed E-state index contributed by atoms with van der Waals surface area (Å²) in [5.41, 5.74) is 4.06. The minimum absolute atomic E-state index is 0.156. The Balaban J connectivity index is 1.37. The van der Waals surface area contributed by atoms with Crippen LogP contribution in [-0.2, 0) is 17.8 Å². The van der Waals surface area contributed by atoms with Gasteiger partial charge in [0.15, 0.2) is 0 Å². The van der Waals surface area contributed by atoms with Crippen LogP contribution in [0.5, 0.6) is 11.5 Å². The second-order valence-electron chi connectivity index (χ2n) is 7.95. The first-order chi connectivity index (χ1) is 16.6. The van der Waals surface area contributed by atoms with Gasteiger partial charge in [-0.05, 0) is 43.3 Å². The number of methoxy groups -OCH3 is 1. The first-order valence-electron chi connectivity index (χ1n) is 11.4. The molecule has 34 heavy (non-hydrogen) atoms. The molecule has 0 saturated heterocycles. The number of imidazole rings is 1. The van der Waals surface area contributed by atoms with Crippen molar-refractivity contribution in [3.8, 4) is 11.5 Å². The van der Waals surface area contributed by atoms with Gasteiger partial charge in [0.2, 0.25) is 5.91 Å². The van der Waals surface area contributed by atoms with Crippen LogP contribution in [-0.4, -0.2) is 35.7 Å². The minimum Gasteiger partial charge on any atom is -0.496 e. The summed E-state index contributed by atoms with van der Waals surface area (Å²) in [5, 5.41) is 2.95. The number of fused-ring (bicyclic) bond motifs is 1. The van der Waals surface area contributed by atoms with Crippen molar-refractivity contribution in [2.24, 2.45) is 0 Å². The van der Waals surface area contributed by atoms with E-state index in [0.717, 1.165) is 33.9 Å². The molecule has 0 bridgehead atoms. The van der Waals surface area contributed by atoms with Crippen molar-refractivity contribution in [1.29, 1.82) is 0 Å². The van der Waals surface area contributed by atoms with Gasteiger partial charge in [-0.1, -0.05) is 48.0 Å². The zero-order chi connectivity index (χ0) is 23.8. The smallest absolute Gasteiger partial charge is 0.244 e. The van der Waals surface area contributed by atoms with Gasteiger partial charge in [0, 0.05) is 24.6 Å². The van der Waals surface area contributed by atoms with Gasteiger partial charge in [-0.15, -0.1) is 0 Å². The molecular formula is C28H29N3O3. The van der Waals surface area contributed by atoms with Gasteiger partial charge in [-0.25, -0.2) is 4.98 Å². The topological polar surface area (TPSA) is 65.4 Å². The number of ether oxygens (including phenoxy) is 2. The molecule has 4 rings (SSSR count). The van der Waals surface area contributed by atoms with Crippen LogP contribution in [0.2, 0.25) is 0 Å². The quantitative estimate of drug-likeness (QED) is 0.349. The van der Waals surface area contributed by atoms with Crippen molar-refractivity contribution in [3.05, 3.63) is 95.8 Å². The first-order valence-corrected chi connectivity index (χ1v) is 11.4. The van der Waals surface area contributed by atoms with Gasteiger partial charge in [0.1, 0.15) is 23.9 Å². The lowest BCUT2D eigenvalue weighted by molar-refractivity contribution is -0.116. The molecule has 0 radical (unpaired) electrons. The second kappa shape index (κ2) is 11.2. The molecule has 6 nitrogen and oxygen atoms in total. The van der Waals surface area contributed by atoms with Crippen LogP contribution in [0.25, 0.3) is 17.1 Å². The maximum absolute atomic E-state index is 12.3.